The van der Waals surface area contributed by atoms with E-state index in [1.54, 1.807) is 29.8 Å². The monoisotopic (exact) mass is 220 g/mol. The molecule has 76 valence electrons. The van der Waals surface area contributed by atoms with Crippen LogP contribution in [0.1, 0.15) is 10.4 Å². The molecule has 0 saturated heterocycles. The third kappa shape index (κ3) is 2.13. The van der Waals surface area contributed by atoms with Gasteiger partial charge in [-0.1, -0.05) is 12.1 Å². The fourth-order valence-corrected chi connectivity index (χ4v) is 1.64. The first kappa shape index (κ1) is 9.67. The number of aromatic hydroxyl groups is 1. The number of thiazole rings is 1. The molecule has 4 nitrogen and oxygen atoms in total. The van der Waals surface area contributed by atoms with Gasteiger partial charge in [-0.15, -0.1) is 11.3 Å². The zero-order valence-corrected chi connectivity index (χ0v) is 8.49. The predicted octanol–water partition coefficient (Wildman–Crippen LogP) is 2.10. The zero-order chi connectivity index (χ0) is 10.7. The van der Waals surface area contributed by atoms with Crippen LogP contribution in [0.3, 0.4) is 0 Å². The number of nitrogens with zero attached hydrogens (tertiary/aromatic N) is 1. The lowest BCUT2D eigenvalue weighted by atomic mass is 10.2. The maximum absolute atomic E-state index is 11.6. The van der Waals surface area contributed by atoms with Crippen molar-refractivity contribution in [1.29, 1.82) is 0 Å². The van der Waals surface area contributed by atoms with E-state index in [0.717, 1.165) is 0 Å². The summed E-state index contributed by atoms with van der Waals surface area (Å²) in [5.74, 6) is -0.394. The zero-order valence-electron chi connectivity index (χ0n) is 7.68. The van der Waals surface area contributed by atoms with E-state index < -0.39 is 0 Å². The van der Waals surface area contributed by atoms with Crippen LogP contribution in [0.2, 0.25) is 0 Å². The molecule has 0 saturated carbocycles. The second-order valence-corrected chi connectivity index (χ2v) is 3.70. The van der Waals surface area contributed by atoms with Gasteiger partial charge < -0.3 is 5.11 Å². The van der Waals surface area contributed by atoms with Gasteiger partial charge in [-0.3, -0.25) is 10.1 Å². The van der Waals surface area contributed by atoms with Gasteiger partial charge >= 0.3 is 0 Å². The van der Waals surface area contributed by atoms with Crippen LogP contribution in [0, 0.1) is 0 Å². The van der Waals surface area contributed by atoms with Crippen molar-refractivity contribution in [2.24, 2.45) is 0 Å². The number of hydrogen-bond donors (Lipinski definition) is 2. The molecule has 5 heteroatoms. The van der Waals surface area contributed by atoms with E-state index in [0.29, 0.717) is 5.13 Å². The van der Waals surface area contributed by atoms with E-state index in [1.807, 2.05) is 0 Å². The Morgan fingerprint density at radius 3 is 2.87 bits per heavy atom. The number of nitrogens with one attached hydrogen (secondary N) is 1. The van der Waals surface area contributed by atoms with Crippen molar-refractivity contribution in [3.63, 3.8) is 0 Å². The summed E-state index contributed by atoms with van der Waals surface area (Å²) in [6, 6.07) is 6.38. The van der Waals surface area contributed by atoms with E-state index >= 15 is 0 Å². The van der Waals surface area contributed by atoms with Crippen LogP contribution in [-0.4, -0.2) is 16.0 Å². The van der Waals surface area contributed by atoms with E-state index in [4.69, 9.17) is 0 Å². The van der Waals surface area contributed by atoms with Crippen molar-refractivity contribution in [3.8, 4) is 5.75 Å². The Balaban J connectivity index is 2.19. The molecule has 0 unspecified atom stereocenters. The third-order valence-electron chi connectivity index (χ3n) is 1.80. The topological polar surface area (TPSA) is 62.2 Å². The molecule has 0 aliphatic heterocycles. The van der Waals surface area contributed by atoms with E-state index in [1.165, 1.54) is 17.4 Å². The number of phenolic OH excluding ortho intramolecular Hbond substituents is 1. The number of aromatic nitrogens is 1. The predicted molar refractivity (Wildman–Crippen MR) is 58.2 cm³/mol. The Labute approximate surface area is 90.2 Å². The number of carbonyl (C=O) groups is 1. The summed E-state index contributed by atoms with van der Waals surface area (Å²) in [6.45, 7) is 0. The number of benzene rings is 1. The first-order valence-electron chi connectivity index (χ1n) is 4.26. The van der Waals surface area contributed by atoms with Crippen molar-refractivity contribution in [1.82, 2.24) is 4.98 Å². The molecule has 1 aromatic heterocycles. The summed E-state index contributed by atoms with van der Waals surface area (Å²) in [4.78, 5) is 15.5. The molecule has 0 spiro atoms. The van der Waals surface area contributed by atoms with Gasteiger partial charge in [0.05, 0.1) is 5.56 Å². The SMILES string of the molecule is O=C(Nc1nccs1)c1ccccc1O. The molecule has 1 aromatic carbocycles. The molecule has 1 heterocycles. The standard InChI is InChI=1S/C10H8N2O2S/c13-8-4-2-1-3-7(8)9(14)12-10-11-5-6-15-10/h1-6,13H,(H,11,12,14). The van der Waals surface area contributed by atoms with Crippen molar-refractivity contribution in [2.75, 3.05) is 5.32 Å². The molecule has 2 aromatic rings. The lowest BCUT2D eigenvalue weighted by Gasteiger charge is -2.02. The van der Waals surface area contributed by atoms with E-state index in [9.17, 15) is 9.90 Å². The maximum atomic E-state index is 11.6. The summed E-state index contributed by atoms with van der Waals surface area (Å²) >= 11 is 1.33. The van der Waals surface area contributed by atoms with Gasteiger partial charge in [0.1, 0.15) is 5.75 Å². The fourth-order valence-electron chi connectivity index (χ4n) is 1.12. The summed E-state index contributed by atoms with van der Waals surface area (Å²) in [5.41, 5.74) is 0.243. The molecule has 0 fully saturated rings. The van der Waals surface area contributed by atoms with Gasteiger partial charge in [-0.2, -0.15) is 0 Å². The Hall–Kier alpha value is -1.88. The molecule has 0 bridgehead atoms. The first-order chi connectivity index (χ1) is 7.27. The number of carbonyl (C=O) groups excluding carboxylic acids is 1. The van der Waals surface area contributed by atoms with Crippen molar-refractivity contribution in [2.45, 2.75) is 0 Å². The normalized spacial score (nSPS) is 9.87. The second kappa shape index (κ2) is 4.10. The minimum Gasteiger partial charge on any atom is -0.507 e. The van der Waals surface area contributed by atoms with Crippen LogP contribution < -0.4 is 5.32 Å². The molecule has 15 heavy (non-hydrogen) atoms. The highest BCUT2D eigenvalue weighted by Crippen LogP contribution is 2.18. The molecular formula is C10H8N2O2S. The minimum atomic E-state index is -0.358. The molecule has 2 N–H and O–H groups in total. The number of phenols is 1. The van der Waals surface area contributed by atoms with Gasteiger partial charge in [0.25, 0.3) is 5.91 Å². The number of para-hydroxylation sites is 1. The fraction of sp³-hybridized carbons (Fsp3) is 0. The highest BCUT2D eigenvalue weighted by atomic mass is 32.1. The van der Waals surface area contributed by atoms with Crippen LogP contribution in [0.15, 0.2) is 35.8 Å². The lowest BCUT2D eigenvalue weighted by molar-refractivity contribution is 0.102. The quantitative estimate of drug-likeness (QED) is 0.814. The van der Waals surface area contributed by atoms with Gasteiger partial charge in [-0.25, -0.2) is 4.98 Å². The van der Waals surface area contributed by atoms with E-state index in [-0.39, 0.29) is 17.2 Å². The largest absolute Gasteiger partial charge is 0.507 e. The number of rotatable bonds is 2. The summed E-state index contributed by atoms with van der Waals surface area (Å²) in [7, 11) is 0. The van der Waals surface area contributed by atoms with Crippen LogP contribution in [-0.2, 0) is 0 Å². The van der Waals surface area contributed by atoms with Gasteiger partial charge in [0.15, 0.2) is 5.13 Å². The average molecular weight is 220 g/mol. The third-order valence-corrected chi connectivity index (χ3v) is 2.49. The smallest absolute Gasteiger partial charge is 0.261 e. The molecule has 1 amide bonds. The maximum Gasteiger partial charge on any atom is 0.261 e. The first-order valence-corrected chi connectivity index (χ1v) is 5.14. The number of amides is 1. The summed E-state index contributed by atoms with van der Waals surface area (Å²) in [5, 5.41) is 14.3. The van der Waals surface area contributed by atoms with Crippen LogP contribution in [0.4, 0.5) is 5.13 Å². The van der Waals surface area contributed by atoms with E-state index in [2.05, 4.69) is 10.3 Å². The molecule has 0 aliphatic carbocycles. The Morgan fingerprint density at radius 1 is 1.40 bits per heavy atom. The highest BCUT2D eigenvalue weighted by molar-refractivity contribution is 7.13. The van der Waals surface area contributed by atoms with Crippen molar-refractivity contribution >= 4 is 22.4 Å². The number of anilines is 1. The second-order valence-electron chi connectivity index (χ2n) is 2.81. The van der Waals surface area contributed by atoms with Gasteiger partial charge in [0, 0.05) is 11.6 Å². The Kier molecular flexibility index (Phi) is 2.64. The van der Waals surface area contributed by atoms with Crippen LogP contribution in [0.5, 0.6) is 5.75 Å². The molecule has 2 rings (SSSR count). The Bertz CT molecular complexity index is 468. The number of hydrogen-bond acceptors (Lipinski definition) is 4. The minimum absolute atomic E-state index is 0.0356. The van der Waals surface area contributed by atoms with Crippen LogP contribution in [0.25, 0.3) is 0 Å². The Morgan fingerprint density at radius 2 is 2.20 bits per heavy atom. The molecule has 0 radical (unpaired) electrons. The summed E-state index contributed by atoms with van der Waals surface area (Å²) < 4.78 is 0. The lowest BCUT2D eigenvalue weighted by Crippen LogP contribution is -2.11. The van der Waals surface area contributed by atoms with Crippen molar-refractivity contribution in [3.05, 3.63) is 41.4 Å². The van der Waals surface area contributed by atoms with Gasteiger partial charge in [0.2, 0.25) is 0 Å². The molecule has 0 aliphatic rings. The average Bonchev–Trinajstić information content (AvgIpc) is 2.71. The van der Waals surface area contributed by atoms with Crippen molar-refractivity contribution < 1.29 is 9.90 Å². The summed E-state index contributed by atoms with van der Waals surface area (Å²) in [6.07, 6.45) is 1.60. The molecule has 0 atom stereocenters. The van der Waals surface area contributed by atoms with Crippen LogP contribution >= 0.6 is 11.3 Å². The van der Waals surface area contributed by atoms with Gasteiger partial charge in [-0.05, 0) is 12.1 Å². The highest BCUT2D eigenvalue weighted by Gasteiger charge is 2.10. The molecular weight excluding hydrogens is 212 g/mol.